The molecule has 2 aromatic rings. The number of benzene rings is 1. The number of hydrogen-bond acceptors (Lipinski definition) is 2. The maximum Gasteiger partial charge on any atom is 0.331 e. The van der Waals surface area contributed by atoms with E-state index < -0.39 is 5.97 Å². The SMILES string of the molecule is C/C(=C\c1ccc(Cc2cnccc2C)cc1)C(=O)O.Cl. The van der Waals surface area contributed by atoms with Crippen LogP contribution >= 0.6 is 12.4 Å². The summed E-state index contributed by atoms with van der Waals surface area (Å²) in [4.78, 5) is 14.9. The van der Waals surface area contributed by atoms with Crippen molar-refractivity contribution in [3.8, 4) is 0 Å². The molecule has 0 aliphatic rings. The number of halogens is 1. The van der Waals surface area contributed by atoms with Gasteiger partial charge in [-0.3, -0.25) is 4.98 Å². The fourth-order valence-electron chi connectivity index (χ4n) is 1.95. The standard InChI is InChI=1S/C17H17NO2.ClH/c1-12-7-8-18-11-16(12)10-15-5-3-14(4-6-15)9-13(2)17(19)20;/h3-9,11H,10H2,1-2H3,(H,19,20);1H/b13-9+;. The van der Waals surface area contributed by atoms with E-state index in [1.165, 1.54) is 16.7 Å². The Morgan fingerprint density at radius 3 is 2.48 bits per heavy atom. The maximum atomic E-state index is 10.8. The van der Waals surface area contributed by atoms with Crippen LogP contribution in [0.5, 0.6) is 0 Å². The molecule has 0 bridgehead atoms. The second-order valence-electron chi connectivity index (χ2n) is 4.85. The number of rotatable bonds is 4. The second-order valence-corrected chi connectivity index (χ2v) is 4.85. The predicted octanol–water partition coefficient (Wildman–Crippen LogP) is 3.89. The molecule has 0 atom stereocenters. The van der Waals surface area contributed by atoms with Gasteiger partial charge in [0.2, 0.25) is 0 Å². The van der Waals surface area contributed by atoms with E-state index in [-0.39, 0.29) is 12.4 Å². The van der Waals surface area contributed by atoms with Crippen LogP contribution in [0.2, 0.25) is 0 Å². The Balaban J connectivity index is 0.00000220. The first-order chi connectivity index (χ1) is 9.56. The third-order valence-electron chi connectivity index (χ3n) is 3.24. The van der Waals surface area contributed by atoms with Crippen molar-refractivity contribution in [1.82, 2.24) is 4.98 Å². The van der Waals surface area contributed by atoms with E-state index in [0.717, 1.165) is 12.0 Å². The van der Waals surface area contributed by atoms with Crippen molar-refractivity contribution >= 4 is 24.5 Å². The number of aryl methyl sites for hydroxylation is 1. The topological polar surface area (TPSA) is 50.2 Å². The quantitative estimate of drug-likeness (QED) is 0.872. The molecule has 0 aliphatic carbocycles. The van der Waals surface area contributed by atoms with Gasteiger partial charge in [-0.1, -0.05) is 24.3 Å². The molecule has 0 spiro atoms. The largest absolute Gasteiger partial charge is 0.478 e. The number of pyridine rings is 1. The van der Waals surface area contributed by atoms with E-state index in [2.05, 4.69) is 11.9 Å². The average molecular weight is 304 g/mol. The van der Waals surface area contributed by atoms with Crippen LogP contribution in [0.4, 0.5) is 0 Å². The summed E-state index contributed by atoms with van der Waals surface area (Å²) in [6, 6.07) is 9.92. The van der Waals surface area contributed by atoms with Crippen LogP contribution in [0.15, 0.2) is 48.3 Å². The summed E-state index contributed by atoms with van der Waals surface area (Å²) >= 11 is 0. The predicted molar refractivity (Wildman–Crippen MR) is 86.8 cm³/mol. The molecule has 0 radical (unpaired) electrons. The number of carboxylic acids is 1. The number of hydrogen-bond donors (Lipinski definition) is 1. The normalized spacial score (nSPS) is 10.9. The molecule has 0 amide bonds. The van der Waals surface area contributed by atoms with E-state index in [9.17, 15) is 4.79 Å². The molecule has 1 N–H and O–H groups in total. The maximum absolute atomic E-state index is 10.8. The number of nitrogens with zero attached hydrogens (tertiary/aromatic N) is 1. The summed E-state index contributed by atoms with van der Waals surface area (Å²) < 4.78 is 0. The zero-order chi connectivity index (χ0) is 14.5. The van der Waals surface area contributed by atoms with Gasteiger partial charge in [0, 0.05) is 18.0 Å². The Bertz CT molecular complexity index is 648. The molecule has 0 saturated carbocycles. The molecular weight excluding hydrogens is 286 g/mol. The van der Waals surface area contributed by atoms with Gasteiger partial charge in [-0.25, -0.2) is 4.79 Å². The van der Waals surface area contributed by atoms with Gasteiger partial charge in [0.25, 0.3) is 0 Å². The van der Waals surface area contributed by atoms with Gasteiger partial charge in [0.1, 0.15) is 0 Å². The molecule has 21 heavy (non-hydrogen) atoms. The highest BCUT2D eigenvalue weighted by Gasteiger charge is 2.02. The molecule has 0 aliphatic heterocycles. The van der Waals surface area contributed by atoms with Crippen LogP contribution in [0, 0.1) is 6.92 Å². The van der Waals surface area contributed by atoms with Crippen molar-refractivity contribution in [1.29, 1.82) is 0 Å². The number of aliphatic carboxylic acids is 1. The van der Waals surface area contributed by atoms with Crippen LogP contribution in [0.25, 0.3) is 6.08 Å². The number of carboxylic acid groups (broad SMARTS) is 1. The van der Waals surface area contributed by atoms with Crippen molar-refractivity contribution in [2.75, 3.05) is 0 Å². The van der Waals surface area contributed by atoms with Gasteiger partial charge in [0.05, 0.1) is 0 Å². The highest BCUT2D eigenvalue weighted by Crippen LogP contribution is 2.14. The summed E-state index contributed by atoms with van der Waals surface area (Å²) in [6.45, 7) is 3.67. The van der Waals surface area contributed by atoms with E-state index >= 15 is 0 Å². The molecular formula is C17H18ClNO2. The fraction of sp³-hybridized carbons (Fsp3) is 0.176. The Labute approximate surface area is 130 Å². The highest BCUT2D eigenvalue weighted by molar-refractivity contribution is 5.91. The van der Waals surface area contributed by atoms with Gasteiger partial charge in [0.15, 0.2) is 0 Å². The lowest BCUT2D eigenvalue weighted by molar-refractivity contribution is -0.132. The minimum atomic E-state index is -0.889. The zero-order valence-corrected chi connectivity index (χ0v) is 12.9. The fourth-order valence-corrected chi connectivity index (χ4v) is 1.95. The van der Waals surface area contributed by atoms with Crippen molar-refractivity contribution in [2.24, 2.45) is 0 Å². The minimum absolute atomic E-state index is 0. The lowest BCUT2D eigenvalue weighted by atomic mass is 10.0. The third-order valence-corrected chi connectivity index (χ3v) is 3.24. The Morgan fingerprint density at radius 2 is 1.90 bits per heavy atom. The van der Waals surface area contributed by atoms with Gasteiger partial charge in [-0.15, -0.1) is 12.4 Å². The van der Waals surface area contributed by atoms with Crippen LogP contribution in [-0.2, 0) is 11.2 Å². The van der Waals surface area contributed by atoms with Gasteiger partial charge < -0.3 is 5.11 Å². The Hall–Kier alpha value is -2.13. The molecule has 2 rings (SSSR count). The Kier molecular flexibility index (Phi) is 6.12. The lowest BCUT2D eigenvalue weighted by Crippen LogP contribution is -1.95. The first-order valence-electron chi connectivity index (χ1n) is 6.46. The van der Waals surface area contributed by atoms with Crippen LogP contribution in [0.3, 0.4) is 0 Å². The second kappa shape index (κ2) is 7.60. The van der Waals surface area contributed by atoms with E-state index in [1.807, 2.05) is 36.5 Å². The number of aromatic nitrogens is 1. The highest BCUT2D eigenvalue weighted by atomic mass is 35.5. The molecule has 3 nitrogen and oxygen atoms in total. The van der Waals surface area contributed by atoms with Gasteiger partial charge >= 0.3 is 5.97 Å². The van der Waals surface area contributed by atoms with E-state index in [4.69, 9.17) is 5.11 Å². The summed E-state index contributed by atoms with van der Waals surface area (Å²) in [6.07, 6.45) is 6.18. The van der Waals surface area contributed by atoms with Crippen molar-refractivity contribution in [3.05, 3.63) is 70.6 Å². The molecule has 1 aromatic carbocycles. The molecule has 0 unspecified atom stereocenters. The Morgan fingerprint density at radius 1 is 1.24 bits per heavy atom. The molecule has 0 fully saturated rings. The van der Waals surface area contributed by atoms with Crippen molar-refractivity contribution < 1.29 is 9.90 Å². The average Bonchev–Trinajstić information content (AvgIpc) is 2.43. The van der Waals surface area contributed by atoms with Crippen molar-refractivity contribution in [2.45, 2.75) is 20.3 Å². The monoisotopic (exact) mass is 303 g/mol. The summed E-state index contributed by atoms with van der Waals surface area (Å²) in [5.74, 6) is -0.889. The van der Waals surface area contributed by atoms with Crippen LogP contribution in [-0.4, -0.2) is 16.1 Å². The van der Waals surface area contributed by atoms with Crippen LogP contribution < -0.4 is 0 Å². The smallest absolute Gasteiger partial charge is 0.331 e. The number of carbonyl (C=O) groups is 1. The van der Waals surface area contributed by atoms with Gasteiger partial charge in [-0.2, -0.15) is 0 Å². The van der Waals surface area contributed by atoms with Gasteiger partial charge in [-0.05, 0) is 54.7 Å². The zero-order valence-electron chi connectivity index (χ0n) is 12.0. The molecule has 1 heterocycles. The minimum Gasteiger partial charge on any atom is -0.478 e. The van der Waals surface area contributed by atoms with Crippen molar-refractivity contribution in [3.63, 3.8) is 0 Å². The summed E-state index contributed by atoms with van der Waals surface area (Å²) in [5.41, 5.74) is 4.85. The van der Waals surface area contributed by atoms with Crippen LogP contribution in [0.1, 0.15) is 29.2 Å². The van der Waals surface area contributed by atoms with E-state index in [1.54, 1.807) is 19.2 Å². The third kappa shape index (κ3) is 4.72. The first kappa shape index (κ1) is 16.9. The molecule has 1 aromatic heterocycles. The van der Waals surface area contributed by atoms with E-state index in [0.29, 0.717) is 5.57 Å². The molecule has 0 saturated heterocycles. The molecule has 4 heteroatoms. The molecule has 110 valence electrons. The summed E-state index contributed by atoms with van der Waals surface area (Å²) in [7, 11) is 0. The lowest BCUT2D eigenvalue weighted by Gasteiger charge is -2.05. The summed E-state index contributed by atoms with van der Waals surface area (Å²) in [5, 5.41) is 8.85. The first-order valence-corrected chi connectivity index (χ1v) is 6.46.